The van der Waals surface area contributed by atoms with Crippen molar-refractivity contribution in [2.45, 2.75) is 19.3 Å². The number of rotatable bonds is 7. The molecule has 0 fully saturated rings. The van der Waals surface area contributed by atoms with Gasteiger partial charge in [-0.2, -0.15) is 5.10 Å². The third-order valence-corrected chi connectivity index (χ3v) is 3.34. The number of ether oxygens (including phenoxy) is 1. The molecular formula is C17H19N3O2. The van der Waals surface area contributed by atoms with E-state index in [4.69, 9.17) is 4.74 Å². The molecule has 22 heavy (non-hydrogen) atoms. The van der Waals surface area contributed by atoms with E-state index in [1.807, 2.05) is 65.6 Å². The lowest BCUT2D eigenvalue weighted by Crippen LogP contribution is -2.22. The molecule has 5 nitrogen and oxygen atoms in total. The summed E-state index contributed by atoms with van der Waals surface area (Å²) in [5, 5.41) is 14.3. The van der Waals surface area contributed by atoms with Crippen molar-refractivity contribution in [3.05, 3.63) is 72.8 Å². The molecule has 0 saturated heterocycles. The second kappa shape index (κ2) is 7.06. The van der Waals surface area contributed by atoms with Crippen LogP contribution in [0, 0.1) is 0 Å². The first-order valence-corrected chi connectivity index (χ1v) is 7.27. The lowest BCUT2D eigenvalue weighted by atomic mass is 10.2. The zero-order valence-corrected chi connectivity index (χ0v) is 12.2. The molecule has 1 atom stereocenters. The lowest BCUT2D eigenvalue weighted by Gasteiger charge is -2.11. The Balaban J connectivity index is 1.46. The maximum atomic E-state index is 10.0. The van der Waals surface area contributed by atoms with E-state index < -0.39 is 6.10 Å². The minimum atomic E-state index is -0.582. The number of benzene rings is 1. The molecule has 0 radical (unpaired) electrons. The summed E-state index contributed by atoms with van der Waals surface area (Å²) in [5.41, 5.74) is 2.08. The van der Waals surface area contributed by atoms with E-state index in [1.165, 1.54) is 0 Å². The largest absolute Gasteiger partial charge is 0.389 e. The van der Waals surface area contributed by atoms with Crippen LogP contribution in [0.2, 0.25) is 0 Å². The van der Waals surface area contributed by atoms with Crippen molar-refractivity contribution in [3.8, 4) is 5.69 Å². The number of hydrogen-bond acceptors (Lipinski definition) is 3. The Morgan fingerprint density at radius 2 is 1.86 bits per heavy atom. The predicted octanol–water partition coefficient (Wildman–Crippen LogP) is 2.25. The van der Waals surface area contributed by atoms with E-state index >= 15 is 0 Å². The number of hydrogen-bond donors (Lipinski definition) is 1. The van der Waals surface area contributed by atoms with E-state index in [9.17, 15) is 5.11 Å². The van der Waals surface area contributed by atoms with Gasteiger partial charge in [0, 0.05) is 18.6 Å². The average molecular weight is 297 g/mol. The van der Waals surface area contributed by atoms with Crippen LogP contribution in [0.25, 0.3) is 5.69 Å². The molecule has 0 aliphatic rings. The third-order valence-electron chi connectivity index (χ3n) is 3.34. The van der Waals surface area contributed by atoms with Crippen LogP contribution in [0.1, 0.15) is 5.56 Å². The highest BCUT2D eigenvalue weighted by Crippen LogP contribution is 2.07. The SMILES string of the molecule is OC(COCc1ccccc1)Cn1cc(-n2cccc2)cn1. The van der Waals surface area contributed by atoms with Crippen LogP contribution in [-0.4, -0.2) is 32.2 Å². The maximum absolute atomic E-state index is 10.0. The highest BCUT2D eigenvalue weighted by atomic mass is 16.5. The van der Waals surface area contributed by atoms with Crippen molar-refractivity contribution >= 4 is 0 Å². The van der Waals surface area contributed by atoms with Gasteiger partial charge in [-0.25, -0.2) is 0 Å². The summed E-state index contributed by atoms with van der Waals surface area (Å²) >= 11 is 0. The number of nitrogens with zero attached hydrogens (tertiary/aromatic N) is 3. The Morgan fingerprint density at radius 3 is 2.64 bits per heavy atom. The van der Waals surface area contributed by atoms with Crippen LogP contribution in [-0.2, 0) is 17.9 Å². The summed E-state index contributed by atoms with van der Waals surface area (Å²) < 4.78 is 9.24. The Labute approximate surface area is 129 Å². The molecule has 2 heterocycles. The topological polar surface area (TPSA) is 52.2 Å². The van der Waals surface area contributed by atoms with Crippen molar-refractivity contribution in [3.63, 3.8) is 0 Å². The van der Waals surface area contributed by atoms with Gasteiger partial charge in [0.25, 0.3) is 0 Å². The van der Waals surface area contributed by atoms with Gasteiger partial charge in [-0.05, 0) is 17.7 Å². The number of aliphatic hydroxyl groups excluding tert-OH is 1. The summed E-state index contributed by atoms with van der Waals surface area (Å²) in [7, 11) is 0. The van der Waals surface area contributed by atoms with Gasteiger partial charge in [-0.1, -0.05) is 30.3 Å². The molecule has 0 aliphatic carbocycles. The van der Waals surface area contributed by atoms with E-state index in [-0.39, 0.29) is 6.61 Å². The molecule has 0 amide bonds. The van der Waals surface area contributed by atoms with Gasteiger partial charge in [0.05, 0.1) is 37.7 Å². The monoisotopic (exact) mass is 297 g/mol. The fourth-order valence-electron chi connectivity index (χ4n) is 2.25. The van der Waals surface area contributed by atoms with Crippen molar-refractivity contribution < 1.29 is 9.84 Å². The Hall–Kier alpha value is -2.37. The van der Waals surface area contributed by atoms with Gasteiger partial charge < -0.3 is 14.4 Å². The summed E-state index contributed by atoms with van der Waals surface area (Å²) in [6.07, 6.45) is 7.01. The van der Waals surface area contributed by atoms with Crippen LogP contribution >= 0.6 is 0 Å². The van der Waals surface area contributed by atoms with Crippen LogP contribution in [0.4, 0.5) is 0 Å². The molecule has 1 aromatic carbocycles. The van der Waals surface area contributed by atoms with Crippen molar-refractivity contribution in [1.29, 1.82) is 0 Å². The van der Waals surface area contributed by atoms with E-state index in [1.54, 1.807) is 10.9 Å². The Morgan fingerprint density at radius 1 is 1.09 bits per heavy atom. The summed E-state index contributed by atoms with van der Waals surface area (Å²) in [6.45, 7) is 1.20. The molecule has 114 valence electrons. The van der Waals surface area contributed by atoms with Gasteiger partial charge in [-0.15, -0.1) is 0 Å². The summed E-state index contributed by atoms with van der Waals surface area (Å²) in [4.78, 5) is 0. The zero-order chi connectivity index (χ0) is 15.2. The molecule has 0 saturated carbocycles. The first kappa shape index (κ1) is 14.6. The number of aromatic nitrogens is 3. The summed E-state index contributed by atoms with van der Waals surface area (Å²) in [6, 6.07) is 13.8. The predicted molar refractivity (Wildman–Crippen MR) is 83.7 cm³/mol. The average Bonchev–Trinajstić information content (AvgIpc) is 3.19. The standard InChI is InChI=1S/C17H19N3O2/c21-17(14-22-13-15-6-2-1-3-7-15)12-20-11-16(10-18-20)19-8-4-5-9-19/h1-11,17,21H,12-14H2. The molecular weight excluding hydrogens is 278 g/mol. The van der Waals surface area contributed by atoms with Crippen molar-refractivity contribution in [2.24, 2.45) is 0 Å². The van der Waals surface area contributed by atoms with E-state index in [0.29, 0.717) is 13.2 Å². The molecule has 2 aromatic heterocycles. The third kappa shape index (κ3) is 3.84. The molecule has 1 unspecified atom stereocenters. The molecule has 0 spiro atoms. The van der Waals surface area contributed by atoms with Crippen LogP contribution in [0.15, 0.2) is 67.3 Å². The minimum absolute atomic E-state index is 0.285. The first-order valence-electron chi connectivity index (χ1n) is 7.27. The Bertz CT molecular complexity index is 677. The maximum Gasteiger partial charge on any atom is 0.0969 e. The fourth-order valence-corrected chi connectivity index (χ4v) is 2.25. The minimum Gasteiger partial charge on any atom is -0.389 e. The molecule has 0 bridgehead atoms. The van der Waals surface area contributed by atoms with Crippen LogP contribution in [0.5, 0.6) is 0 Å². The van der Waals surface area contributed by atoms with Crippen LogP contribution < -0.4 is 0 Å². The van der Waals surface area contributed by atoms with Crippen LogP contribution in [0.3, 0.4) is 0 Å². The number of aliphatic hydroxyl groups is 1. The van der Waals surface area contributed by atoms with Gasteiger partial charge in [0.2, 0.25) is 0 Å². The second-order valence-electron chi connectivity index (χ2n) is 5.17. The molecule has 3 aromatic rings. The molecule has 3 rings (SSSR count). The van der Waals surface area contributed by atoms with Gasteiger partial charge in [-0.3, -0.25) is 4.68 Å². The molecule has 5 heteroatoms. The fraction of sp³-hybridized carbons (Fsp3) is 0.235. The smallest absolute Gasteiger partial charge is 0.0969 e. The lowest BCUT2D eigenvalue weighted by molar-refractivity contribution is 0.0187. The van der Waals surface area contributed by atoms with Gasteiger partial charge >= 0.3 is 0 Å². The summed E-state index contributed by atoms with van der Waals surface area (Å²) in [5.74, 6) is 0. The van der Waals surface area contributed by atoms with Gasteiger partial charge in [0.1, 0.15) is 0 Å². The van der Waals surface area contributed by atoms with Gasteiger partial charge in [0.15, 0.2) is 0 Å². The van der Waals surface area contributed by atoms with E-state index in [0.717, 1.165) is 11.3 Å². The highest BCUT2D eigenvalue weighted by Gasteiger charge is 2.07. The molecule has 0 aliphatic heterocycles. The van der Waals surface area contributed by atoms with E-state index in [2.05, 4.69) is 5.10 Å². The molecule has 1 N–H and O–H groups in total. The Kier molecular flexibility index (Phi) is 4.68. The zero-order valence-electron chi connectivity index (χ0n) is 12.2. The second-order valence-corrected chi connectivity index (χ2v) is 5.17. The quantitative estimate of drug-likeness (QED) is 0.728. The van der Waals surface area contributed by atoms with Crippen molar-refractivity contribution in [2.75, 3.05) is 6.61 Å². The van der Waals surface area contributed by atoms with Crippen molar-refractivity contribution in [1.82, 2.24) is 14.3 Å². The highest BCUT2D eigenvalue weighted by molar-refractivity contribution is 5.26. The normalized spacial score (nSPS) is 12.4. The first-order chi connectivity index (χ1) is 10.8.